The Morgan fingerprint density at radius 3 is 2.70 bits per heavy atom. The molecule has 0 aromatic heterocycles. The lowest BCUT2D eigenvalue weighted by Crippen LogP contribution is -2.34. The zero-order chi connectivity index (χ0) is 19.6. The number of benzene rings is 2. The topological polar surface area (TPSA) is 68.8 Å². The summed E-state index contributed by atoms with van der Waals surface area (Å²) < 4.78 is 16.9. The molecule has 1 amide bonds. The number of halogens is 1. The zero-order valence-corrected chi connectivity index (χ0v) is 18.1. The van der Waals surface area contributed by atoms with E-state index in [9.17, 15) is 4.79 Å². The molecule has 0 atom stereocenters. The second-order valence-corrected chi connectivity index (χ2v) is 6.90. The molecule has 2 rings (SSSR count). The molecule has 0 saturated carbocycles. The van der Waals surface area contributed by atoms with Gasteiger partial charge in [-0.1, -0.05) is 6.07 Å². The predicted octanol–water partition coefficient (Wildman–Crippen LogP) is 3.84. The summed E-state index contributed by atoms with van der Waals surface area (Å²) in [5.74, 6) is 1.12. The van der Waals surface area contributed by atoms with Gasteiger partial charge in [-0.15, -0.1) is 0 Å². The van der Waals surface area contributed by atoms with Crippen LogP contribution in [0.1, 0.15) is 17.3 Å². The standard InChI is InChI=1S/C19H21IN2O4S/c1-3-25-9-10-26-15-6-4-5-14(12-15)21-19(27)22-18(23)13-7-8-17(24-2)16(20)11-13/h4-8,11-12H,3,9-10H2,1-2H3,(H2,21,22,23,27). The number of hydrogen-bond acceptors (Lipinski definition) is 5. The number of hydrogen-bond donors (Lipinski definition) is 2. The fraction of sp³-hybridized carbons (Fsp3) is 0.263. The van der Waals surface area contributed by atoms with Crippen LogP contribution >= 0.6 is 34.8 Å². The van der Waals surface area contributed by atoms with E-state index in [1.54, 1.807) is 31.4 Å². The van der Waals surface area contributed by atoms with Gasteiger partial charge in [0.15, 0.2) is 5.11 Å². The van der Waals surface area contributed by atoms with E-state index in [4.69, 9.17) is 26.4 Å². The average molecular weight is 500 g/mol. The minimum atomic E-state index is -0.294. The van der Waals surface area contributed by atoms with Gasteiger partial charge in [0, 0.05) is 23.9 Å². The van der Waals surface area contributed by atoms with E-state index in [0.717, 1.165) is 9.26 Å². The number of rotatable bonds is 8. The third-order valence-electron chi connectivity index (χ3n) is 3.43. The van der Waals surface area contributed by atoms with Crippen LogP contribution in [0.2, 0.25) is 0 Å². The van der Waals surface area contributed by atoms with Gasteiger partial charge < -0.3 is 19.5 Å². The Hall–Kier alpha value is -1.91. The summed E-state index contributed by atoms with van der Waals surface area (Å²) in [5, 5.41) is 5.85. The van der Waals surface area contributed by atoms with Crippen LogP contribution in [-0.2, 0) is 4.74 Å². The van der Waals surface area contributed by atoms with Gasteiger partial charge in [-0.2, -0.15) is 0 Å². The van der Waals surface area contributed by atoms with E-state index in [-0.39, 0.29) is 11.0 Å². The first kappa shape index (κ1) is 21.4. The number of carbonyl (C=O) groups is 1. The summed E-state index contributed by atoms with van der Waals surface area (Å²) >= 11 is 7.34. The minimum Gasteiger partial charge on any atom is -0.496 e. The van der Waals surface area contributed by atoms with Crippen molar-refractivity contribution < 1.29 is 19.0 Å². The Kier molecular flexibility index (Phi) is 8.76. The van der Waals surface area contributed by atoms with Crippen molar-refractivity contribution in [2.45, 2.75) is 6.92 Å². The molecule has 0 unspecified atom stereocenters. The summed E-state index contributed by atoms with van der Waals surface area (Å²) in [6.07, 6.45) is 0. The molecule has 6 nitrogen and oxygen atoms in total. The molecule has 144 valence electrons. The van der Waals surface area contributed by atoms with Gasteiger partial charge in [0.1, 0.15) is 18.1 Å². The van der Waals surface area contributed by atoms with Crippen LogP contribution in [0.15, 0.2) is 42.5 Å². The van der Waals surface area contributed by atoms with Gasteiger partial charge in [0.2, 0.25) is 0 Å². The highest BCUT2D eigenvalue weighted by Gasteiger charge is 2.11. The average Bonchev–Trinajstić information content (AvgIpc) is 2.65. The second-order valence-electron chi connectivity index (χ2n) is 5.33. The summed E-state index contributed by atoms with van der Waals surface area (Å²) in [7, 11) is 1.59. The molecule has 0 radical (unpaired) electrons. The summed E-state index contributed by atoms with van der Waals surface area (Å²) in [4.78, 5) is 12.3. The maximum absolute atomic E-state index is 12.3. The Morgan fingerprint density at radius 2 is 2.00 bits per heavy atom. The number of amides is 1. The monoisotopic (exact) mass is 500 g/mol. The molecule has 2 aromatic rings. The van der Waals surface area contributed by atoms with Crippen molar-refractivity contribution in [1.82, 2.24) is 5.32 Å². The first-order valence-corrected chi connectivity index (χ1v) is 9.78. The maximum atomic E-state index is 12.3. The molecule has 0 spiro atoms. The fourth-order valence-electron chi connectivity index (χ4n) is 2.17. The van der Waals surface area contributed by atoms with E-state index < -0.39 is 0 Å². The molecule has 0 fully saturated rings. The lowest BCUT2D eigenvalue weighted by molar-refractivity contribution is 0.0977. The van der Waals surface area contributed by atoms with E-state index in [1.807, 2.05) is 25.1 Å². The molecule has 27 heavy (non-hydrogen) atoms. The highest BCUT2D eigenvalue weighted by molar-refractivity contribution is 14.1. The maximum Gasteiger partial charge on any atom is 0.257 e. The molecule has 0 aliphatic heterocycles. The first-order valence-electron chi connectivity index (χ1n) is 8.30. The van der Waals surface area contributed by atoms with Crippen LogP contribution in [0, 0.1) is 3.57 Å². The molecule has 2 N–H and O–H groups in total. The van der Waals surface area contributed by atoms with Gasteiger partial charge in [0.25, 0.3) is 5.91 Å². The number of nitrogens with one attached hydrogen (secondary N) is 2. The highest BCUT2D eigenvalue weighted by atomic mass is 127. The Bertz CT molecular complexity index is 801. The van der Waals surface area contributed by atoms with E-state index in [1.165, 1.54) is 0 Å². The van der Waals surface area contributed by atoms with Crippen LogP contribution in [-0.4, -0.2) is 38.0 Å². The molecule has 2 aromatic carbocycles. The molecule has 0 aliphatic rings. The summed E-state index contributed by atoms with van der Waals surface area (Å²) in [6.45, 7) is 3.59. The van der Waals surface area contributed by atoms with Crippen molar-refractivity contribution in [2.75, 3.05) is 32.2 Å². The Morgan fingerprint density at radius 1 is 1.19 bits per heavy atom. The molecule has 0 aliphatic carbocycles. The van der Waals surface area contributed by atoms with E-state index >= 15 is 0 Å². The zero-order valence-electron chi connectivity index (χ0n) is 15.1. The smallest absolute Gasteiger partial charge is 0.257 e. The Labute approximate surface area is 177 Å². The van der Waals surface area contributed by atoms with E-state index in [0.29, 0.717) is 36.9 Å². The molecule has 8 heteroatoms. The van der Waals surface area contributed by atoms with Crippen LogP contribution in [0.25, 0.3) is 0 Å². The van der Waals surface area contributed by atoms with Crippen molar-refractivity contribution in [3.63, 3.8) is 0 Å². The second kappa shape index (κ2) is 11.1. The van der Waals surface area contributed by atoms with Gasteiger partial charge >= 0.3 is 0 Å². The molecular formula is C19H21IN2O4S. The van der Waals surface area contributed by atoms with E-state index in [2.05, 4.69) is 33.2 Å². The van der Waals surface area contributed by atoms with Gasteiger partial charge in [-0.25, -0.2) is 0 Å². The van der Waals surface area contributed by atoms with Crippen LogP contribution in [0.3, 0.4) is 0 Å². The number of ether oxygens (including phenoxy) is 3. The molecule has 0 heterocycles. The number of thiocarbonyl (C=S) groups is 1. The molecule has 0 bridgehead atoms. The first-order chi connectivity index (χ1) is 13.0. The fourth-order valence-corrected chi connectivity index (χ4v) is 3.12. The summed E-state index contributed by atoms with van der Waals surface area (Å²) in [5.41, 5.74) is 1.22. The Balaban J connectivity index is 1.91. The van der Waals surface area contributed by atoms with Crippen molar-refractivity contribution in [3.8, 4) is 11.5 Å². The highest BCUT2D eigenvalue weighted by Crippen LogP contribution is 2.21. The molecular weight excluding hydrogens is 479 g/mol. The van der Waals surface area contributed by atoms with Gasteiger partial charge in [-0.05, 0) is 72.1 Å². The third-order valence-corrected chi connectivity index (χ3v) is 4.48. The largest absolute Gasteiger partial charge is 0.496 e. The van der Waals surface area contributed by atoms with Crippen LogP contribution in [0.5, 0.6) is 11.5 Å². The quantitative estimate of drug-likeness (QED) is 0.326. The lowest BCUT2D eigenvalue weighted by atomic mass is 10.2. The van der Waals surface area contributed by atoms with Gasteiger partial charge in [-0.3, -0.25) is 10.1 Å². The summed E-state index contributed by atoms with van der Waals surface area (Å²) in [6, 6.07) is 12.5. The van der Waals surface area contributed by atoms with Crippen LogP contribution < -0.4 is 20.1 Å². The van der Waals surface area contributed by atoms with Gasteiger partial charge in [0.05, 0.1) is 17.3 Å². The van der Waals surface area contributed by atoms with Crippen molar-refractivity contribution >= 4 is 51.5 Å². The third kappa shape index (κ3) is 6.96. The minimum absolute atomic E-state index is 0.206. The number of carbonyl (C=O) groups excluding carboxylic acids is 1. The predicted molar refractivity (Wildman–Crippen MR) is 118 cm³/mol. The van der Waals surface area contributed by atoms with Crippen molar-refractivity contribution in [1.29, 1.82) is 0 Å². The lowest BCUT2D eigenvalue weighted by Gasteiger charge is -2.12. The van der Waals surface area contributed by atoms with Crippen LogP contribution in [0.4, 0.5) is 5.69 Å². The number of anilines is 1. The number of methoxy groups -OCH3 is 1. The molecule has 0 saturated heterocycles. The normalized spacial score (nSPS) is 10.2. The van der Waals surface area contributed by atoms with Crippen molar-refractivity contribution in [2.24, 2.45) is 0 Å². The SMILES string of the molecule is CCOCCOc1cccc(NC(=S)NC(=O)c2ccc(OC)c(I)c2)c1. The van der Waals surface area contributed by atoms with Crippen molar-refractivity contribution in [3.05, 3.63) is 51.6 Å².